The number of nitrogens with zero attached hydrogens (tertiary/aromatic N) is 2. The van der Waals surface area contributed by atoms with E-state index >= 15 is 0 Å². The molecule has 11 heteroatoms. The Kier molecular flexibility index (Phi) is 6.42. The highest BCUT2D eigenvalue weighted by Gasteiger charge is 2.44. The maximum atomic E-state index is 12.8. The first-order valence-electron chi connectivity index (χ1n) is 10.5. The number of hydrogen-bond acceptors (Lipinski definition) is 8. The van der Waals surface area contributed by atoms with E-state index in [1.807, 2.05) is 30.3 Å². The zero-order chi connectivity index (χ0) is 24.3. The highest BCUT2D eigenvalue weighted by atomic mass is 32.2. The van der Waals surface area contributed by atoms with Crippen LogP contribution in [0.2, 0.25) is 0 Å². The summed E-state index contributed by atoms with van der Waals surface area (Å²) in [6.45, 7) is 4.18. The van der Waals surface area contributed by atoms with Gasteiger partial charge in [-0.05, 0) is 56.3 Å². The first-order valence-corrected chi connectivity index (χ1v) is 12.0. The summed E-state index contributed by atoms with van der Waals surface area (Å²) in [6, 6.07) is 15.2. The molecule has 3 aromatic rings. The van der Waals surface area contributed by atoms with Gasteiger partial charge in [-0.15, -0.1) is 0 Å². The third-order valence-electron chi connectivity index (χ3n) is 5.22. The van der Waals surface area contributed by atoms with Crippen molar-refractivity contribution in [2.45, 2.75) is 31.0 Å². The summed E-state index contributed by atoms with van der Waals surface area (Å²) >= 11 is 0. The van der Waals surface area contributed by atoms with Gasteiger partial charge in [-0.3, -0.25) is 0 Å². The molecule has 0 saturated heterocycles. The van der Waals surface area contributed by atoms with Crippen LogP contribution >= 0.6 is 0 Å². The fraction of sp³-hybridized carbons (Fsp3) is 0.217. The van der Waals surface area contributed by atoms with E-state index in [2.05, 4.69) is 15.1 Å². The van der Waals surface area contributed by atoms with Crippen molar-refractivity contribution in [1.82, 2.24) is 20.1 Å². The monoisotopic (exact) mass is 484 g/mol. The fourth-order valence-electron chi connectivity index (χ4n) is 3.31. The van der Waals surface area contributed by atoms with E-state index in [9.17, 15) is 18.3 Å². The van der Waals surface area contributed by atoms with Crippen LogP contribution in [0.25, 0.3) is 11.5 Å². The average molecular weight is 485 g/mol. The van der Waals surface area contributed by atoms with Gasteiger partial charge in [0.1, 0.15) is 23.8 Å². The van der Waals surface area contributed by atoms with E-state index in [4.69, 9.17) is 9.15 Å². The van der Waals surface area contributed by atoms with Gasteiger partial charge in [-0.1, -0.05) is 18.2 Å². The van der Waals surface area contributed by atoms with Crippen LogP contribution in [0.15, 0.2) is 76.2 Å². The summed E-state index contributed by atoms with van der Waals surface area (Å²) in [5, 5.41) is 11.1. The molecule has 1 atom stereocenters. The molecule has 1 aliphatic heterocycles. The number of benzene rings is 2. The van der Waals surface area contributed by atoms with Crippen LogP contribution in [0.1, 0.15) is 18.4 Å². The lowest BCUT2D eigenvalue weighted by molar-refractivity contribution is -0.144. The molecule has 10 nitrogen and oxygen atoms in total. The van der Waals surface area contributed by atoms with Crippen molar-refractivity contribution in [3.8, 4) is 17.2 Å². The number of sulfonamides is 1. The van der Waals surface area contributed by atoms with Crippen molar-refractivity contribution in [1.29, 1.82) is 0 Å². The smallest absolute Gasteiger partial charge is 0.345 e. The van der Waals surface area contributed by atoms with Gasteiger partial charge in [-0.2, -0.15) is 10.1 Å². The molecular formula is C23H24N4O6S. The van der Waals surface area contributed by atoms with Gasteiger partial charge in [-0.25, -0.2) is 18.2 Å². The maximum absolute atomic E-state index is 12.8. The molecule has 3 N–H and O–H groups in total. The van der Waals surface area contributed by atoms with Crippen LogP contribution in [0, 0.1) is 6.92 Å². The van der Waals surface area contributed by atoms with Crippen LogP contribution in [0.5, 0.6) is 5.75 Å². The van der Waals surface area contributed by atoms with Crippen molar-refractivity contribution in [3.63, 3.8) is 0 Å². The van der Waals surface area contributed by atoms with Gasteiger partial charge >= 0.3 is 5.97 Å². The van der Waals surface area contributed by atoms with Crippen molar-refractivity contribution in [2.24, 2.45) is 0 Å². The number of aromatic nitrogens is 1. The lowest BCUT2D eigenvalue weighted by atomic mass is 10.2. The van der Waals surface area contributed by atoms with Crippen molar-refractivity contribution in [3.05, 3.63) is 78.3 Å². The third kappa shape index (κ3) is 4.81. The van der Waals surface area contributed by atoms with Crippen LogP contribution in [-0.2, 0) is 21.4 Å². The number of carboxylic acid groups (broad SMARTS) is 1. The van der Waals surface area contributed by atoms with Crippen LogP contribution in [-0.4, -0.2) is 41.7 Å². The van der Waals surface area contributed by atoms with E-state index in [0.717, 1.165) is 5.56 Å². The molecule has 34 heavy (non-hydrogen) atoms. The molecule has 1 aromatic heterocycles. The first kappa shape index (κ1) is 23.5. The Balaban J connectivity index is 1.44. The van der Waals surface area contributed by atoms with Crippen molar-refractivity contribution in [2.75, 3.05) is 6.54 Å². The number of oxazole rings is 1. The summed E-state index contributed by atoms with van der Waals surface area (Å²) in [6.07, 6.45) is 2.72. The Labute approximate surface area is 196 Å². The fourth-order valence-corrected chi connectivity index (χ4v) is 4.55. The predicted octanol–water partition coefficient (Wildman–Crippen LogP) is 2.64. The zero-order valence-corrected chi connectivity index (χ0v) is 19.4. The Bertz CT molecular complexity index is 1300. The standard InChI is InChI=1S/C23H24N4O6S/c1-3-27-14-13-23(25-27,22(28)29)26-34(30,31)19-11-9-18(10-12-19)32-15-20-16(2)33-21(24-20)17-7-5-4-6-8-17/h4-14,25-26H,3,15H2,1-2H3,(H,28,29). The summed E-state index contributed by atoms with van der Waals surface area (Å²) < 4.78 is 39.4. The molecule has 178 valence electrons. The molecule has 0 aliphatic carbocycles. The van der Waals surface area contributed by atoms with Crippen LogP contribution in [0.3, 0.4) is 0 Å². The van der Waals surface area contributed by atoms with Gasteiger partial charge < -0.3 is 19.3 Å². The Morgan fingerprint density at radius 3 is 2.53 bits per heavy atom. The van der Waals surface area contributed by atoms with E-state index in [-0.39, 0.29) is 11.5 Å². The second-order valence-electron chi connectivity index (χ2n) is 7.58. The minimum atomic E-state index is -4.15. The molecule has 1 unspecified atom stereocenters. The number of hydrazine groups is 1. The zero-order valence-electron chi connectivity index (χ0n) is 18.6. The molecule has 0 saturated carbocycles. The molecule has 2 aromatic carbocycles. The van der Waals surface area contributed by atoms with E-state index < -0.39 is 21.7 Å². The van der Waals surface area contributed by atoms with E-state index in [1.54, 1.807) is 13.8 Å². The minimum absolute atomic E-state index is 0.102. The lowest BCUT2D eigenvalue weighted by Gasteiger charge is -2.27. The predicted molar refractivity (Wildman–Crippen MR) is 123 cm³/mol. The van der Waals surface area contributed by atoms with Gasteiger partial charge in [0.25, 0.3) is 0 Å². The summed E-state index contributed by atoms with van der Waals surface area (Å²) in [5.74, 6) is 0.167. The summed E-state index contributed by atoms with van der Waals surface area (Å²) in [5.41, 5.74) is 2.15. The number of hydrogen-bond donors (Lipinski definition) is 3. The van der Waals surface area contributed by atoms with Gasteiger partial charge in [0.15, 0.2) is 0 Å². The van der Waals surface area contributed by atoms with Gasteiger partial charge in [0, 0.05) is 18.3 Å². The molecule has 0 radical (unpaired) electrons. The van der Waals surface area contributed by atoms with E-state index in [1.165, 1.54) is 41.6 Å². The molecule has 0 fully saturated rings. The number of ether oxygens (including phenoxy) is 1. The molecule has 4 rings (SSSR count). The van der Waals surface area contributed by atoms with Crippen LogP contribution < -0.4 is 14.9 Å². The number of aryl methyl sites for hydroxylation is 1. The SMILES string of the molecule is CCN1C=CC(NS(=O)(=O)c2ccc(OCc3nc(-c4ccccc4)oc3C)cc2)(C(=O)O)N1. The summed E-state index contributed by atoms with van der Waals surface area (Å²) in [7, 11) is -4.15. The average Bonchev–Trinajstić information content (AvgIpc) is 3.42. The number of rotatable bonds is 9. The highest BCUT2D eigenvalue weighted by Crippen LogP contribution is 2.24. The van der Waals surface area contributed by atoms with Gasteiger partial charge in [0.2, 0.25) is 21.6 Å². The first-order chi connectivity index (χ1) is 16.2. The number of aliphatic carboxylic acids is 1. The molecule has 2 heterocycles. The molecular weight excluding hydrogens is 460 g/mol. The van der Waals surface area contributed by atoms with Crippen molar-refractivity contribution < 1.29 is 27.5 Å². The quantitative estimate of drug-likeness (QED) is 0.419. The third-order valence-corrected chi connectivity index (χ3v) is 6.70. The summed E-state index contributed by atoms with van der Waals surface area (Å²) in [4.78, 5) is 16.2. The largest absolute Gasteiger partial charge is 0.487 e. The second kappa shape index (κ2) is 9.29. The van der Waals surface area contributed by atoms with Crippen LogP contribution in [0.4, 0.5) is 0 Å². The number of carboxylic acids is 1. The Morgan fingerprint density at radius 1 is 1.21 bits per heavy atom. The minimum Gasteiger partial charge on any atom is -0.487 e. The molecule has 0 bridgehead atoms. The molecule has 0 spiro atoms. The molecule has 1 aliphatic rings. The normalized spacial score (nSPS) is 17.8. The lowest BCUT2D eigenvalue weighted by Crippen LogP contribution is -2.63. The Hall–Kier alpha value is -3.67. The topological polar surface area (TPSA) is 134 Å². The van der Waals surface area contributed by atoms with Crippen molar-refractivity contribution >= 4 is 16.0 Å². The Morgan fingerprint density at radius 2 is 1.91 bits per heavy atom. The number of carbonyl (C=O) groups is 1. The number of nitrogens with one attached hydrogen (secondary N) is 2. The second-order valence-corrected chi connectivity index (χ2v) is 9.26. The highest BCUT2D eigenvalue weighted by molar-refractivity contribution is 7.89. The van der Waals surface area contributed by atoms with Gasteiger partial charge in [0.05, 0.1) is 4.90 Å². The maximum Gasteiger partial charge on any atom is 0.345 e. The van der Waals surface area contributed by atoms with E-state index in [0.29, 0.717) is 29.6 Å². The molecule has 0 amide bonds.